The van der Waals surface area contributed by atoms with Crippen LogP contribution in [0.5, 0.6) is 0 Å². The monoisotopic (exact) mass is 320 g/mol. The van der Waals surface area contributed by atoms with E-state index in [1.54, 1.807) is 0 Å². The van der Waals surface area contributed by atoms with Gasteiger partial charge in [-0.05, 0) is 31.4 Å². The molecule has 1 heterocycles. The molecule has 1 aromatic heterocycles. The number of aliphatic imine (C=N–C) groups is 1. The van der Waals surface area contributed by atoms with Gasteiger partial charge < -0.3 is 19.5 Å². The lowest BCUT2D eigenvalue weighted by molar-refractivity contribution is 0.0276. The zero-order valence-electron chi connectivity index (χ0n) is 14.9. The van der Waals surface area contributed by atoms with E-state index in [1.807, 2.05) is 7.05 Å². The second-order valence-electron chi connectivity index (χ2n) is 6.42. The molecule has 0 radical (unpaired) electrons. The zero-order chi connectivity index (χ0) is 16.5. The van der Waals surface area contributed by atoms with Crippen LogP contribution in [0.25, 0.3) is 0 Å². The van der Waals surface area contributed by atoms with E-state index in [0.29, 0.717) is 6.10 Å². The highest BCUT2D eigenvalue weighted by molar-refractivity contribution is 5.79. The third-order valence-electron chi connectivity index (χ3n) is 4.53. The predicted molar refractivity (Wildman–Crippen MR) is 95.7 cm³/mol. The van der Waals surface area contributed by atoms with Crippen LogP contribution in [0.3, 0.4) is 0 Å². The van der Waals surface area contributed by atoms with E-state index in [2.05, 4.69) is 52.2 Å². The fourth-order valence-electron chi connectivity index (χ4n) is 3.12. The number of aromatic nitrogens is 1. The Labute approximate surface area is 140 Å². The van der Waals surface area contributed by atoms with Crippen LogP contribution in [0.2, 0.25) is 0 Å². The summed E-state index contributed by atoms with van der Waals surface area (Å²) < 4.78 is 8.10. The van der Waals surface area contributed by atoms with E-state index in [-0.39, 0.29) is 0 Å². The van der Waals surface area contributed by atoms with Crippen molar-refractivity contribution in [3.63, 3.8) is 0 Å². The summed E-state index contributed by atoms with van der Waals surface area (Å²) in [6, 6.07) is 4.21. The van der Waals surface area contributed by atoms with Crippen LogP contribution in [0.15, 0.2) is 23.3 Å². The van der Waals surface area contributed by atoms with Gasteiger partial charge in [-0.2, -0.15) is 0 Å². The van der Waals surface area contributed by atoms with Crippen LogP contribution in [0.4, 0.5) is 0 Å². The number of rotatable bonds is 7. The molecule has 0 unspecified atom stereocenters. The molecule has 2 rings (SSSR count). The van der Waals surface area contributed by atoms with E-state index in [9.17, 15) is 0 Å². The second kappa shape index (κ2) is 9.60. The zero-order valence-corrected chi connectivity index (χ0v) is 14.9. The Morgan fingerprint density at radius 3 is 2.83 bits per heavy atom. The summed E-state index contributed by atoms with van der Waals surface area (Å²) in [5.74, 6) is 0.934. The minimum Gasteiger partial charge on any atom is -0.378 e. The molecule has 1 fully saturated rings. The fourth-order valence-corrected chi connectivity index (χ4v) is 3.12. The van der Waals surface area contributed by atoms with E-state index >= 15 is 0 Å². The van der Waals surface area contributed by atoms with E-state index in [4.69, 9.17) is 4.74 Å². The smallest absolute Gasteiger partial charge is 0.193 e. The van der Waals surface area contributed by atoms with Crippen molar-refractivity contribution in [1.82, 2.24) is 14.8 Å². The van der Waals surface area contributed by atoms with Crippen molar-refractivity contribution < 1.29 is 4.74 Å². The molecule has 0 saturated heterocycles. The van der Waals surface area contributed by atoms with Gasteiger partial charge in [0.25, 0.3) is 0 Å². The summed E-state index contributed by atoms with van der Waals surface area (Å²) in [6.07, 6.45) is 10.1. The Hall–Kier alpha value is -1.49. The summed E-state index contributed by atoms with van der Waals surface area (Å²) >= 11 is 0. The van der Waals surface area contributed by atoms with Crippen molar-refractivity contribution >= 4 is 5.96 Å². The van der Waals surface area contributed by atoms with Crippen molar-refractivity contribution in [2.24, 2.45) is 12.0 Å². The first-order chi connectivity index (χ1) is 11.2. The summed E-state index contributed by atoms with van der Waals surface area (Å²) in [5, 5.41) is 3.43. The van der Waals surface area contributed by atoms with E-state index in [0.717, 1.165) is 32.1 Å². The van der Waals surface area contributed by atoms with Crippen LogP contribution in [-0.2, 0) is 18.3 Å². The van der Waals surface area contributed by atoms with Crippen LogP contribution < -0.4 is 5.32 Å². The summed E-state index contributed by atoms with van der Waals surface area (Å²) in [6.45, 7) is 2.59. The highest BCUT2D eigenvalue weighted by Gasteiger charge is 2.13. The molecule has 130 valence electrons. The lowest BCUT2D eigenvalue weighted by Crippen LogP contribution is -2.39. The maximum absolute atomic E-state index is 5.96. The Morgan fingerprint density at radius 1 is 1.39 bits per heavy atom. The Bertz CT molecular complexity index is 477. The molecule has 1 saturated carbocycles. The lowest BCUT2D eigenvalue weighted by Gasteiger charge is -2.23. The van der Waals surface area contributed by atoms with Crippen molar-refractivity contribution in [3.05, 3.63) is 24.0 Å². The Kier molecular flexibility index (Phi) is 7.46. The van der Waals surface area contributed by atoms with Crippen molar-refractivity contribution in [1.29, 1.82) is 0 Å². The van der Waals surface area contributed by atoms with Crippen LogP contribution in [0.1, 0.15) is 44.2 Å². The molecule has 0 bridgehead atoms. The quantitative estimate of drug-likeness (QED) is 0.477. The molecular formula is C18H32N4O. The van der Waals surface area contributed by atoms with Crippen molar-refractivity contribution in [2.45, 2.75) is 51.2 Å². The van der Waals surface area contributed by atoms with Crippen LogP contribution in [0, 0.1) is 0 Å². The predicted octanol–water partition coefficient (Wildman–Crippen LogP) is 2.77. The lowest BCUT2D eigenvalue weighted by atomic mass is 9.98. The van der Waals surface area contributed by atoms with E-state index < -0.39 is 0 Å². The van der Waals surface area contributed by atoms with E-state index in [1.165, 1.54) is 37.8 Å². The average Bonchev–Trinajstić information content (AvgIpc) is 2.96. The molecule has 1 aliphatic rings. The van der Waals surface area contributed by atoms with Crippen molar-refractivity contribution in [3.8, 4) is 0 Å². The van der Waals surface area contributed by atoms with Crippen LogP contribution >= 0.6 is 0 Å². The first-order valence-corrected chi connectivity index (χ1v) is 8.84. The number of guanidine groups is 1. The van der Waals surface area contributed by atoms with Gasteiger partial charge in [-0.15, -0.1) is 0 Å². The highest BCUT2D eigenvalue weighted by Crippen LogP contribution is 2.20. The SMILES string of the molecule is CN=C(NCCCOC1CCCCC1)N(C)Cc1cccn1C. The van der Waals surface area contributed by atoms with Gasteiger partial charge in [0.1, 0.15) is 0 Å². The minimum absolute atomic E-state index is 0.503. The number of hydrogen-bond donors (Lipinski definition) is 1. The maximum Gasteiger partial charge on any atom is 0.193 e. The number of hydrogen-bond acceptors (Lipinski definition) is 2. The van der Waals surface area contributed by atoms with Crippen LogP contribution in [-0.4, -0.2) is 48.8 Å². The fraction of sp³-hybridized carbons (Fsp3) is 0.722. The van der Waals surface area contributed by atoms with Gasteiger partial charge in [0, 0.05) is 46.2 Å². The van der Waals surface area contributed by atoms with Gasteiger partial charge in [-0.25, -0.2) is 0 Å². The molecule has 23 heavy (non-hydrogen) atoms. The largest absolute Gasteiger partial charge is 0.378 e. The molecular weight excluding hydrogens is 288 g/mol. The van der Waals surface area contributed by atoms with Gasteiger partial charge in [0.05, 0.1) is 12.6 Å². The summed E-state index contributed by atoms with van der Waals surface area (Å²) in [7, 11) is 5.98. The van der Waals surface area contributed by atoms with Gasteiger partial charge in [0.15, 0.2) is 5.96 Å². The number of nitrogens with zero attached hydrogens (tertiary/aromatic N) is 3. The van der Waals surface area contributed by atoms with Crippen molar-refractivity contribution in [2.75, 3.05) is 27.2 Å². The average molecular weight is 320 g/mol. The summed E-state index contributed by atoms with van der Waals surface area (Å²) in [4.78, 5) is 6.52. The summed E-state index contributed by atoms with van der Waals surface area (Å²) in [5.41, 5.74) is 1.27. The number of ether oxygens (including phenoxy) is 1. The van der Waals surface area contributed by atoms with Gasteiger partial charge in [0.2, 0.25) is 0 Å². The molecule has 1 aromatic rings. The third kappa shape index (κ3) is 5.90. The third-order valence-corrected chi connectivity index (χ3v) is 4.53. The first-order valence-electron chi connectivity index (χ1n) is 8.84. The molecule has 1 N–H and O–H groups in total. The molecule has 0 aliphatic heterocycles. The number of nitrogens with one attached hydrogen (secondary N) is 1. The molecule has 5 nitrogen and oxygen atoms in total. The second-order valence-corrected chi connectivity index (χ2v) is 6.42. The van der Waals surface area contributed by atoms with Gasteiger partial charge >= 0.3 is 0 Å². The highest BCUT2D eigenvalue weighted by atomic mass is 16.5. The first kappa shape index (κ1) is 17.9. The number of aryl methyl sites for hydroxylation is 1. The Morgan fingerprint density at radius 2 is 2.17 bits per heavy atom. The molecule has 0 spiro atoms. The Balaban J connectivity index is 1.63. The molecule has 0 aromatic carbocycles. The standard InChI is InChI=1S/C18H32N4O/c1-19-18(22(3)15-16-9-7-13-21(16)2)20-12-8-14-23-17-10-5-4-6-11-17/h7,9,13,17H,4-6,8,10-12,14-15H2,1-3H3,(H,19,20). The van der Waals surface area contributed by atoms with Gasteiger partial charge in [-0.3, -0.25) is 4.99 Å². The maximum atomic E-state index is 5.96. The normalized spacial score (nSPS) is 16.6. The molecule has 0 atom stereocenters. The molecule has 0 amide bonds. The van der Waals surface area contributed by atoms with Gasteiger partial charge in [-0.1, -0.05) is 19.3 Å². The molecule has 1 aliphatic carbocycles. The topological polar surface area (TPSA) is 41.8 Å². The molecule has 5 heteroatoms. The minimum atomic E-state index is 0.503.